The van der Waals surface area contributed by atoms with Gasteiger partial charge in [0.1, 0.15) is 0 Å². The quantitative estimate of drug-likeness (QED) is 0.554. The minimum Gasteiger partial charge on any atom is -0.748 e. The first-order chi connectivity index (χ1) is 7.45. The lowest BCUT2D eigenvalue weighted by molar-refractivity contribution is -0.867. The molecule has 0 unspecified atom stereocenters. The van der Waals surface area contributed by atoms with Gasteiger partial charge in [0.15, 0.2) is 5.12 Å². The Morgan fingerprint density at radius 2 is 1.71 bits per heavy atom. The maximum Gasteiger partial charge on any atom is 0.189 e. The van der Waals surface area contributed by atoms with Crippen LogP contribution in [0.1, 0.15) is 19.8 Å². The zero-order valence-electron chi connectivity index (χ0n) is 11.2. The maximum absolute atomic E-state index is 11.1. The maximum atomic E-state index is 11.1. The van der Waals surface area contributed by atoms with Crippen molar-refractivity contribution in [2.45, 2.75) is 19.8 Å². The van der Waals surface area contributed by atoms with Gasteiger partial charge in [0, 0.05) is 12.7 Å². The summed E-state index contributed by atoms with van der Waals surface area (Å²) in [5.41, 5.74) is 0. The predicted octanol–water partition coefficient (Wildman–Crippen LogP) is 0.914. The summed E-state index contributed by atoms with van der Waals surface area (Å²) in [7, 11) is 2.51. The van der Waals surface area contributed by atoms with Gasteiger partial charge in [0.05, 0.1) is 43.6 Å². The van der Waals surface area contributed by atoms with E-state index in [1.165, 1.54) is 11.8 Å². The molecule has 0 aliphatic heterocycles. The molecule has 0 N–H and O–H groups in total. The van der Waals surface area contributed by atoms with Gasteiger partial charge in [-0.1, -0.05) is 18.7 Å². The number of hydrogen-bond donors (Lipinski definition) is 0. The van der Waals surface area contributed by atoms with Gasteiger partial charge in [-0.2, -0.15) is 0 Å². The van der Waals surface area contributed by atoms with Crippen LogP contribution in [0.4, 0.5) is 0 Å². The molecule has 0 amide bonds. The van der Waals surface area contributed by atoms with E-state index in [1.807, 2.05) is 6.92 Å². The molecular weight excluding hydrogens is 262 g/mol. The van der Waals surface area contributed by atoms with Crippen molar-refractivity contribution in [2.75, 3.05) is 39.7 Å². The Balaban J connectivity index is 0. The smallest absolute Gasteiger partial charge is 0.189 e. The number of rotatable bonds is 5. The highest BCUT2D eigenvalue weighted by Crippen LogP contribution is 2.08. The monoisotopic (exact) mass is 285 g/mol. The average molecular weight is 285 g/mol. The van der Waals surface area contributed by atoms with Crippen LogP contribution in [0.2, 0.25) is 0 Å². The minimum absolute atomic E-state index is 0.339. The van der Waals surface area contributed by atoms with E-state index in [0.717, 1.165) is 29.6 Å². The van der Waals surface area contributed by atoms with Crippen LogP contribution in [-0.4, -0.2) is 62.3 Å². The van der Waals surface area contributed by atoms with Crippen molar-refractivity contribution in [1.29, 1.82) is 0 Å². The SMILES string of the molecule is CCCC(=O)SCC[N+](C)(C)C.CS(=O)(=O)[O-]. The van der Waals surface area contributed by atoms with Crippen molar-refractivity contribution in [3.05, 3.63) is 0 Å². The molecule has 104 valence electrons. The summed E-state index contributed by atoms with van der Waals surface area (Å²) in [5.74, 6) is 0.947. The van der Waals surface area contributed by atoms with Crippen LogP contribution < -0.4 is 0 Å². The van der Waals surface area contributed by atoms with E-state index >= 15 is 0 Å². The molecule has 0 radical (unpaired) electrons. The third-order valence-corrected chi connectivity index (χ3v) is 2.39. The van der Waals surface area contributed by atoms with Gasteiger partial charge in [-0.3, -0.25) is 4.79 Å². The molecule has 0 rings (SSSR count). The second kappa shape index (κ2) is 8.91. The Bertz CT molecular complexity index is 299. The Kier molecular flexibility index (Phi) is 10.1. The van der Waals surface area contributed by atoms with E-state index < -0.39 is 10.1 Å². The molecule has 17 heavy (non-hydrogen) atoms. The van der Waals surface area contributed by atoms with E-state index in [0.29, 0.717) is 11.4 Å². The van der Waals surface area contributed by atoms with E-state index in [1.54, 1.807) is 0 Å². The molecule has 0 aromatic rings. The van der Waals surface area contributed by atoms with Crippen LogP contribution in [-0.2, 0) is 14.9 Å². The standard InChI is InChI=1S/C9H20NOS.CH4O3S/c1-5-6-9(11)12-8-7-10(2,3)4;1-5(2,3)4/h5-8H2,1-4H3;1H3,(H,2,3,4)/q+1;/p-1. The van der Waals surface area contributed by atoms with Crippen molar-refractivity contribution in [1.82, 2.24) is 0 Å². The summed E-state index contributed by atoms with van der Waals surface area (Å²) in [5, 5.41) is 0.339. The molecule has 0 bridgehead atoms. The lowest BCUT2D eigenvalue weighted by atomic mass is 10.4. The molecule has 0 spiro atoms. The highest BCUT2D eigenvalue weighted by atomic mass is 32.2. The molecular formula is C10H23NO4S2. The Labute approximate surface area is 109 Å². The van der Waals surface area contributed by atoms with E-state index in [9.17, 15) is 4.79 Å². The highest BCUT2D eigenvalue weighted by Gasteiger charge is 2.08. The Morgan fingerprint density at radius 1 is 1.29 bits per heavy atom. The fourth-order valence-electron chi connectivity index (χ4n) is 0.710. The summed E-state index contributed by atoms with van der Waals surface area (Å²) in [4.78, 5) is 11.1. The number of thioether (sulfide) groups is 1. The van der Waals surface area contributed by atoms with Crippen molar-refractivity contribution in [3.8, 4) is 0 Å². The van der Waals surface area contributed by atoms with Crippen molar-refractivity contribution in [3.63, 3.8) is 0 Å². The second-order valence-electron chi connectivity index (χ2n) is 4.69. The zero-order valence-corrected chi connectivity index (χ0v) is 12.9. The second-order valence-corrected chi connectivity index (χ2v) is 7.25. The number of nitrogens with zero attached hydrogens (tertiary/aromatic N) is 1. The molecule has 5 nitrogen and oxygen atoms in total. The fourth-order valence-corrected chi connectivity index (χ4v) is 1.92. The van der Waals surface area contributed by atoms with Crippen LogP contribution in [0.5, 0.6) is 0 Å². The lowest BCUT2D eigenvalue weighted by Gasteiger charge is -2.23. The summed E-state index contributed by atoms with van der Waals surface area (Å²) in [6, 6.07) is 0. The number of quaternary nitrogens is 1. The summed E-state index contributed by atoms with van der Waals surface area (Å²) >= 11 is 1.47. The number of carbonyl (C=O) groups excluding carboxylic acids is 1. The first kappa shape index (κ1) is 19.2. The van der Waals surface area contributed by atoms with Crippen molar-refractivity contribution >= 4 is 27.0 Å². The van der Waals surface area contributed by atoms with Gasteiger partial charge in [-0.05, 0) is 6.42 Å². The zero-order chi connectivity index (χ0) is 14.1. The van der Waals surface area contributed by atoms with Gasteiger partial charge in [-0.25, -0.2) is 8.42 Å². The first-order valence-corrected chi connectivity index (χ1v) is 8.13. The molecule has 0 aliphatic rings. The summed E-state index contributed by atoms with van der Waals surface area (Å²) in [6.45, 7) is 3.10. The molecule has 0 aromatic carbocycles. The molecule has 7 heteroatoms. The van der Waals surface area contributed by atoms with Crippen molar-refractivity contribution < 1.29 is 22.2 Å². The molecule has 0 fully saturated rings. The van der Waals surface area contributed by atoms with Gasteiger partial charge in [-0.15, -0.1) is 0 Å². The predicted molar refractivity (Wildman–Crippen MR) is 70.9 cm³/mol. The highest BCUT2D eigenvalue weighted by molar-refractivity contribution is 8.13. The topological polar surface area (TPSA) is 74.3 Å². The average Bonchev–Trinajstić information content (AvgIpc) is 1.98. The molecule has 0 saturated carbocycles. The van der Waals surface area contributed by atoms with Gasteiger partial charge >= 0.3 is 0 Å². The first-order valence-electron chi connectivity index (χ1n) is 5.32. The van der Waals surface area contributed by atoms with Crippen LogP contribution in [0.15, 0.2) is 0 Å². The Morgan fingerprint density at radius 3 is 2.00 bits per heavy atom. The van der Waals surface area contributed by atoms with Gasteiger partial charge < -0.3 is 9.04 Å². The number of carbonyl (C=O) groups is 1. The van der Waals surface area contributed by atoms with E-state index in [4.69, 9.17) is 13.0 Å². The van der Waals surface area contributed by atoms with Crippen molar-refractivity contribution in [2.24, 2.45) is 0 Å². The molecule has 0 saturated heterocycles. The van der Waals surface area contributed by atoms with Crippen LogP contribution in [0.25, 0.3) is 0 Å². The molecule has 0 aromatic heterocycles. The van der Waals surface area contributed by atoms with Gasteiger partial charge in [0.2, 0.25) is 0 Å². The molecule has 0 heterocycles. The van der Waals surface area contributed by atoms with Crippen LogP contribution in [0.3, 0.4) is 0 Å². The Hall–Kier alpha value is -0.110. The largest absolute Gasteiger partial charge is 0.748 e. The van der Waals surface area contributed by atoms with Crippen LogP contribution >= 0.6 is 11.8 Å². The van der Waals surface area contributed by atoms with E-state index in [2.05, 4.69) is 21.1 Å². The third-order valence-electron chi connectivity index (χ3n) is 1.48. The summed E-state index contributed by atoms with van der Waals surface area (Å²) < 4.78 is 28.2. The van der Waals surface area contributed by atoms with Crippen LogP contribution in [0, 0.1) is 0 Å². The van der Waals surface area contributed by atoms with E-state index in [-0.39, 0.29) is 0 Å². The molecule has 0 aliphatic carbocycles. The molecule has 0 atom stereocenters. The minimum atomic E-state index is -3.92. The third kappa shape index (κ3) is 31.3. The normalized spacial score (nSPS) is 11.6. The summed E-state index contributed by atoms with van der Waals surface area (Å²) in [6.07, 6.45) is 2.30. The fraction of sp³-hybridized carbons (Fsp3) is 0.900. The lowest BCUT2D eigenvalue weighted by Crippen LogP contribution is -2.36. The number of hydrogen-bond acceptors (Lipinski definition) is 5. The van der Waals surface area contributed by atoms with Gasteiger partial charge in [0.25, 0.3) is 0 Å².